The molecule has 3 rings (SSSR count). The Kier molecular flexibility index (Phi) is 5.49. The predicted octanol–water partition coefficient (Wildman–Crippen LogP) is 4.33. The number of halogens is 1. The van der Waals surface area contributed by atoms with E-state index in [2.05, 4.69) is 15.3 Å². The van der Waals surface area contributed by atoms with Crippen molar-refractivity contribution in [2.45, 2.75) is 13.5 Å². The second-order valence-electron chi connectivity index (χ2n) is 6.02. The molecule has 0 aliphatic rings. The highest BCUT2D eigenvalue weighted by atomic mass is 35.5. The summed E-state index contributed by atoms with van der Waals surface area (Å²) in [6.07, 6.45) is 1.40. The number of anilines is 2. The molecule has 0 radical (unpaired) electrons. The van der Waals surface area contributed by atoms with E-state index in [1.165, 1.54) is 6.33 Å². The van der Waals surface area contributed by atoms with E-state index < -0.39 is 0 Å². The van der Waals surface area contributed by atoms with Gasteiger partial charge in [0.2, 0.25) is 0 Å². The molecule has 26 heavy (non-hydrogen) atoms. The number of amides is 1. The molecule has 0 aliphatic carbocycles. The van der Waals surface area contributed by atoms with Gasteiger partial charge in [-0.3, -0.25) is 4.79 Å². The second kappa shape index (κ2) is 7.97. The van der Waals surface area contributed by atoms with Gasteiger partial charge in [-0.2, -0.15) is 0 Å². The fourth-order valence-corrected chi connectivity index (χ4v) is 2.66. The number of hydrogen-bond acceptors (Lipinski definition) is 4. The fraction of sp³-hybridized carbons (Fsp3) is 0.150. The topological polar surface area (TPSA) is 58.1 Å². The Morgan fingerprint density at radius 1 is 1.12 bits per heavy atom. The van der Waals surface area contributed by atoms with Crippen molar-refractivity contribution in [1.82, 2.24) is 9.97 Å². The van der Waals surface area contributed by atoms with Gasteiger partial charge in [-0.15, -0.1) is 0 Å². The molecule has 1 heterocycles. The van der Waals surface area contributed by atoms with Gasteiger partial charge in [-0.05, 0) is 30.2 Å². The number of carbonyl (C=O) groups excluding carboxylic acids is 1. The van der Waals surface area contributed by atoms with Crippen molar-refractivity contribution in [1.29, 1.82) is 0 Å². The Balaban J connectivity index is 1.73. The van der Waals surface area contributed by atoms with Crippen LogP contribution in [-0.4, -0.2) is 22.9 Å². The number of nitrogens with one attached hydrogen (secondary N) is 1. The molecule has 0 saturated carbocycles. The van der Waals surface area contributed by atoms with E-state index in [9.17, 15) is 4.79 Å². The molecule has 0 atom stereocenters. The van der Waals surface area contributed by atoms with Crippen molar-refractivity contribution in [2.24, 2.45) is 0 Å². The zero-order chi connectivity index (χ0) is 18.5. The summed E-state index contributed by atoms with van der Waals surface area (Å²) in [5.41, 5.74) is 3.04. The third kappa shape index (κ3) is 4.37. The van der Waals surface area contributed by atoms with Crippen molar-refractivity contribution < 1.29 is 4.79 Å². The Bertz CT molecular complexity index is 915. The van der Waals surface area contributed by atoms with Crippen LogP contribution in [0.5, 0.6) is 0 Å². The summed E-state index contributed by atoms with van der Waals surface area (Å²) in [6, 6.07) is 17.1. The summed E-state index contributed by atoms with van der Waals surface area (Å²) in [4.78, 5) is 22.8. The third-order valence-electron chi connectivity index (χ3n) is 3.97. The third-order valence-corrected chi connectivity index (χ3v) is 4.38. The summed E-state index contributed by atoms with van der Waals surface area (Å²) in [5.74, 6) is 0.373. The van der Waals surface area contributed by atoms with Crippen LogP contribution in [0.15, 0.2) is 60.9 Å². The van der Waals surface area contributed by atoms with Gasteiger partial charge in [-0.1, -0.05) is 48.0 Å². The minimum Gasteiger partial charge on any atom is -0.355 e. The van der Waals surface area contributed by atoms with Crippen molar-refractivity contribution in [3.63, 3.8) is 0 Å². The lowest BCUT2D eigenvalue weighted by atomic mass is 10.2. The minimum absolute atomic E-state index is 0.298. The number of rotatable bonds is 5. The zero-order valence-electron chi connectivity index (χ0n) is 14.6. The number of carbonyl (C=O) groups is 1. The highest BCUT2D eigenvalue weighted by molar-refractivity contribution is 6.31. The molecule has 0 fully saturated rings. The smallest absolute Gasteiger partial charge is 0.274 e. The normalized spacial score (nSPS) is 10.4. The molecule has 0 aliphatic heterocycles. The highest BCUT2D eigenvalue weighted by Crippen LogP contribution is 2.21. The first-order valence-electron chi connectivity index (χ1n) is 8.17. The van der Waals surface area contributed by atoms with Gasteiger partial charge in [0.15, 0.2) is 0 Å². The van der Waals surface area contributed by atoms with E-state index in [-0.39, 0.29) is 5.91 Å². The monoisotopic (exact) mass is 366 g/mol. The standard InChI is InChI=1S/C20H19ClN4O/c1-14-8-9-16(10-17(14)21)24-20(26)18-11-19(23-13-22-18)25(2)12-15-6-4-3-5-7-15/h3-11,13H,12H2,1-2H3,(H,24,26). The molecular weight excluding hydrogens is 348 g/mol. The fourth-order valence-electron chi connectivity index (χ4n) is 2.48. The summed E-state index contributed by atoms with van der Waals surface area (Å²) in [5, 5.41) is 3.42. The summed E-state index contributed by atoms with van der Waals surface area (Å²) in [7, 11) is 1.93. The molecule has 5 nitrogen and oxygen atoms in total. The summed E-state index contributed by atoms with van der Waals surface area (Å²) in [6.45, 7) is 2.60. The molecule has 0 saturated heterocycles. The SMILES string of the molecule is Cc1ccc(NC(=O)c2cc(N(C)Cc3ccccc3)ncn2)cc1Cl. The number of nitrogens with zero attached hydrogens (tertiary/aromatic N) is 3. The minimum atomic E-state index is -0.304. The number of aryl methyl sites for hydroxylation is 1. The van der Waals surface area contributed by atoms with Crippen molar-refractivity contribution in [2.75, 3.05) is 17.3 Å². The zero-order valence-corrected chi connectivity index (χ0v) is 15.4. The van der Waals surface area contributed by atoms with Crippen LogP contribution in [0.4, 0.5) is 11.5 Å². The molecule has 0 spiro atoms. The molecular formula is C20H19ClN4O. The highest BCUT2D eigenvalue weighted by Gasteiger charge is 2.12. The Morgan fingerprint density at radius 2 is 1.88 bits per heavy atom. The molecule has 0 bridgehead atoms. The second-order valence-corrected chi connectivity index (χ2v) is 6.43. The first-order valence-corrected chi connectivity index (χ1v) is 8.55. The lowest BCUT2D eigenvalue weighted by molar-refractivity contribution is 0.102. The van der Waals surface area contributed by atoms with Crippen LogP contribution in [0.1, 0.15) is 21.6 Å². The average molecular weight is 367 g/mol. The van der Waals surface area contributed by atoms with Crippen molar-refractivity contribution in [3.05, 3.63) is 82.8 Å². The quantitative estimate of drug-likeness (QED) is 0.730. The van der Waals surface area contributed by atoms with Gasteiger partial charge in [-0.25, -0.2) is 9.97 Å². The van der Waals surface area contributed by atoms with Gasteiger partial charge in [0.25, 0.3) is 5.91 Å². The maximum absolute atomic E-state index is 12.5. The van der Waals surface area contributed by atoms with Gasteiger partial charge in [0.1, 0.15) is 17.8 Å². The average Bonchev–Trinajstić information content (AvgIpc) is 2.65. The number of benzene rings is 2. The molecule has 132 valence electrons. The van der Waals surface area contributed by atoms with Gasteiger partial charge >= 0.3 is 0 Å². The maximum Gasteiger partial charge on any atom is 0.274 e. The van der Waals surface area contributed by atoms with Gasteiger partial charge < -0.3 is 10.2 Å². The van der Waals surface area contributed by atoms with E-state index in [1.807, 2.05) is 61.3 Å². The van der Waals surface area contributed by atoms with Gasteiger partial charge in [0, 0.05) is 30.4 Å². The lowest BCUT2D eigenvalue weighted by Crippen LogP contribution is -2.20. The van der Waals surface area contributed by atoms with Crippen LogP contribution in [0, 0.1) is 6.92 Å². The maximum atomic E-state index is 12.5. The van der Waals surface area contributed by atoms with E-state index in [1.54, 1.807) is 12.1 Å². The molecule has 1 aromatic heterocycles. The van der Waals surface area contributed by atoms with E-state index >= 15 is 0 Å². The Hall–Kier alpha value is -2.92. The van der Waals surface area contributed by atoms with Crippen molar-refractivity contribution >= 4 is 29.0 Å². The molecule has 0 unspecified atom stereocenters. The number of hydrogen-bond donors (Lipinski definition) is 1. The molecule has 6 heteroatoms. The Morgan fingerprint density at radius 3 is 2.62 bits per heavy atom. The van der Waals surface area contributed by atoms with Crippen LogP contribution in [0.3, 0.4) is 0 Å². The van der Waals surface area contributed by atoms with E-state index in [4.69, 9.17) is 11.6 Å². The van der Waals surface area contributed by atoms with Crippen molar-refractivity contribution in [3.8, 4) is 0 Å². The number of aromatic nitrogens is 2. The Labute approximate surface area is 157 Å². The van der Waals surface area contributed by atoms with Crippen LogP contribution in [0.25, 0.3) is 0 Å². The molecule has 1 amide bonds. The predicted molar refractivity (Wildman–Crippen MR) is 105 cm³/mol. The summed E-state index contributed by atoms with van der Waals surface area (Å²) >= 11 is 6.10. The van der Waals surface area contributed by atoms with Crippen LogP contribution < -0.4 is 10.2 Å². The van der Waals surface area contributed by atoms with Crippen LogP contribution >= 0.6 is 11.6 Å². The molecule has 1 N–H and O–H groups in total. The summed E-state index contributed by atoms with van der Waals surface area (Å²) < 4.78 is 0. The molecule has 2 aromatic carbocycles. The lowest BCUT2D eigenvalue weighted by Gasteiger charge is -2.18. The van der Waals surface area contributed by atoms with Gasteiger partial charge in [0.05, 0.1) is 0 Å². The van der Waals surface area contributed by atoms with Crippen LogP contribution in [-0.2, 0) is 6.54 Å². The van der Waals surface area contributed by atoms with E-state index in [0.717, 1.165) is 11.1 Å². The first kappa shape index (κ1) is 17.9. The first-order chi connectivity index (χ1) is 12.5. The largest absolute Gasteiger partial charge is 0.355 e. The van der Waals surface area contributed by atoms with E-state index in [0.29, 0.717) is 28.8 Å². The molecule has 3 aromatic rings. The van der Waals surface area contributed by atoms with Crippen LogP contribution in [0.2, 0.25) is 5.02 Å².